The van der Waals surface area contributed by atoms with Gasteiger partial charge >= 0.3 is 0 Å². The number of carbonyl (C=O) groups excluding carboxylic acids is 1. The third-order valence-electron chi connectivity index (χ3n) is 4.10. The first-order chi connectivity index (χ1) is 11.7. The molecule has 0 radical (unpaired) electrons. The van der Waals surface area contributed by atoms with Gasteiger partial charge in [0.15, 0.2) is 0 Å². The van der Waals surface area contributed by atoms with Crippen LogP contribution in [0.4, 0.5) is 0 Å². The summed E-state index contributed by atoms with van der Waals surface area (Å²) in [5.74, 6) is 0.753. The number of carbonyl (C=O) groups is 1. The molecule has 3 rings (SSSR count). The first-order valence-electron chi connectivity index (χ1n) is 8.06. The first kappa shape index (κ1) is 16.1. The molecule has 0 aliphatic carbocycles. The Morgan fingerprint density at radius 1 is 1.21 bits per heavy atom. The normalized spacial score (nSPS) is 12.0. The van der Waals surface area contributed by atoms with E-state index in [4.69, 9.17) is 4.42 Å². The van der Waals surface area contributed by atoms with E-state index in [-0.39, 0.29) is 11.8 Å². The third-order valence-corrected chi connectivity index (χ3v) is 4.10. The maximum atomic E-state index is 12.4. The second kappa shape index (κ2) is 7.64. The molecule has 1 atom stereocenters. The summed E-state index contributed by atoms with van der Waals surface area (Å²) >= 11 is 0. The van der Waals surface area contributed by atoms with Crippen LogP contribution in [0.15, 0.2) is 65.4 Å². The van der Waals surface area contributed by atoms with Crippen LogP contribution in [-0.4, -0.2) is 22.2 Å². The molecular formula is C19H21N3O2. The molecule has 0 saturated carbocycles. The maximum absolute atomic E-state index is 12.4. The van der Waals surface area contributed by atoms with Crippen molar-refractivity contribution in [2.75, 3.05) is 6.54 Å². The van der Waals surface area contributed by atoms with Crippen LogP contribution in [0.3, 0.4) is 0 Å². The smallest absolute Gasteiger partial charge is 0.221 e. The standard InChI is InChI=1S/C19H21N3O2/c1-22-16(10-12-21-22)9-11-20-19(23)14-17(18-8-5-13-24-18)15-6-3-2-4-7-15/h2-8,10,12-13,17H,9,11,14H2,1H3,(H,20,23)/t17-/m0/s1. The zero-order valence-corrected chi connectivity index (χ0v) is 13.7. The predicted octanol–water partition coefficient (Wildman–Crippen LogP) is 2.89. The molecule has 0 saturated heterocycles. The van der Waals surface area contributed by atoms with Gasteiger partial charge in [0.05, 0.1) is 12.2 Å². The molecule has 24 heavy (non-hydrogen) atoms. The van der Waals surface area contributed by atoms with Crippen molar-refractivity contribution < 1.29 is 9.21 Å². The average molecular weight is 323 g/mol. The Morgan fingerprint density at radius 3 is 2.71 bits per heavy atom. The zero-order valence-electron chi connectivity index (χ0n) is 13.7. The molecule has 5 nitrogen and oxygen atoms in total. The van der Waals surface area contributed by atoms with E-state index in [0.29, 0.717) is 13.0 Å². The molecule has 0 unspecified atom stereocenters. The number of nitrogens with zero attached hydrogens (tertiary/aromatic N) is 2. The van der Waals surface area contributed by atoms with Crippen LogP contribution in [0.1, 0.15) is 29.4 Å². The zero-order chi connectivity index (χ0) is 16.8. The lowest BCUT2D eigenvalue weighted by Crippen LogP contribution is -2.27. The van der Waals surface area contributed by atoms with Crippen molar-refractivity contribution in [2.45, 2.75) is 18.8 Å². The van der Waals surface area contributed by atoms with Crippen molar-refractivity contribution in [2.24, 2.45) is 7.05 Å². The van der Waals surface area contributed by atoms with Gasteiger partial charge in [0, 0.05) is 38.3 Å². The van der Waals surface area contributed by atoms with E-state index in [2.05, 4.69) is 10.4 Å². The number of aryl methyl sites for hydroxylation is 1. The molecule has 2 aromatic heterocycles. The van der Waals surface area contributed by atoms with Gasteiger partial charge < -0.3 is 9.73 Å². The minimum atomic E-state index is -0.0714. The fraction of sp³-hybridized carbons (Fsp3) is 0.263. The summed E-state index contributed by atoms with van der Waals surface area (Å²) in [6.07, 6.45) is 4.53. The molecule has 124 valence electrons. The van der Waals surface area contributed by atoms with E-state index in [1.54, 1.807) is 12.5 Å². The van der Waals surface area contributed by atoms with Crippen molar-refractivity contribution in [3.63, 3.8) is 0 Å². The van der Waals surface area contributed by atoms with Crippen molar-refractivity contribution in [1.82, 2.24) is 15.1 Å². The Hall–Kier alpha value is -2.82. The Morgan fingerprint density at radius 2 is 2.04 bits per heavy atom. The lowest BCUT2D eigenvalue weighted by Gasteiger charge is -2.15. The van der Waals surface area contributed by atoms with Gasteiger partial charge in [-0.25, -0.2) is 0 Å². The first-order valence-corrected chi connectivity index (χ1v) is 8.06. The number of hydrogen-bond donors (Lipinski definition) is 1. The molecule has 0 spiro atoms. The summed E-state index contributed by atoms with van der Waals surface area (Å²) in [6.45, 7) is 0.595. The molecule has 0 bridgehead atoms. The quantitative estimate of drug-likeness (QED) is 0.727. The minimum Gasteiger partial charge on any atom is -0.469 e. The van der Waals surface area contributed by atoms with Crippen molar-refractivity contribution in [3.05, 3.63) is 78.0 Å². The highest BCUT2D eigenvalue weighted by Gasteiger charge is 2.20. The van der Waals surface area contributed by atoms with Crippen LogP contribution in [0.25, 0.3) is 0 Å². The summed E-state index contributed by atoms with van der Waals surface area (Å²) in [5, 5.41) is 7.12. The highest BCUT2D eigenvalue weighted by molar-refractivity contribution is 5.77. The number of hydrogen-bond acceptors (Lipinski definition) is 3. The molecule has 1 amide bonds. The second-order valence-electron chi connectivity index (χ2n) is 5.73. The number of aromatic nitrogens is 2. The molecule has 2 heterocycles. The Bertz CT molecular complexity index is 763. The average Bonchev–Trinajstić information content (AvgIpc) is 3.26. The van der Waals surface area contributed by atoms with Crippen LogP contribution in [0.2, 0.25) is 0 Å². The van der Waals surface area contributed by atoms with Crippen LogP contribution in [0.5, 0.6) is 0 Å². The van der Waals surface area contributed by atoms with Crippen LogP contribution < -0.4 is 5.32 Å². The summed E-state index contributed by atoms with van der Waals surface area (Å²) < 4.78 is 7.36. The molecule has 0 aliphatic heterocycles. The Labute approximate surface area is 141 Å². The predicted molar refractivity (Wildman–Crippen MR) is 91.5 cm³/mol. The SMILES string of the molecule is Cn1nccc1CCNC(=O)C[C@@H](c1ccccc1)c1ccco1. The second-order valence-corrected chi connectivity index (χ2v) is 5.73. The highest BCUT2D eigenvalue weighted by atomic mass is 16.3. The van der Waals surface area contributed by atoms with Gasteiger partial charge in [-0.3, -0.25) is 9.48 Å². The molecule has 0 aliphatic rings. The highest BCUT2D eigenvalue weighted by Crippen LogP contribution is 2.28. The van der Waals surface area contributed by atoms with Crippen molar-refractivity contribution in [1.29, 1.82) is 0 Å². The third kappa shape index (κ3) is 3.93. The molecule has 1 aromatic carbocycles. The summed E-state index contributed by atoms with van der Waals surface area (Å²) in [4.78, 5) is 12.4. The number of benzene rings is 1. The minimum absolute atomic E-state index is 0.0161. The van der Waals surface area contributed by atoms with Crippen LogP contribution >= 0.6 is 0 Å². The fourth-order valence-corrected chi connectivity index (χ4v) is 2.79. The van der Waals surface area contributed by atoms with Crippen molar-refractivity contribution in [3.8, 4) is 0 Å². The Kier molecular flexibility index (Phi) is 5.11. The van der Waals surface area contributed by atoms with E-state index >= 15 is 0 Å². The lowest BCUT2D eigenvalue weighted by molar-refractivity contribution is -0.121. The van der Waals surface area contributed by atoms with E-state index in [9.17, 15) is 4.79 Å². The topological polar surface area (TPSA) is 60.1 Å². The number of amides is 1. The summed E-state index contributed by atoms with van der Waals surface area (Å²) in [5.41, 5.74) is 2.18. The summed E-state index contributed by atoms with van der Waals surface area (Å²) in [6, 6.07) is 15.7. The molecular weight excluding hydrogens is 302 g/mol. The van der Waals surface area contributed by atoms with Crippen LogP contribution in [0, 0.1) is 0 Å². The monoisotopic (exact) mass is 323 g/mol. The number of furan rings is 1. The fourth-order valence-electron chi connectivity index (χ4n) is 2.79. The summed E-state index contributed by atoms with van der Waals surface area (Å²) in [7, 11) is 1.90. The van der Waals surface area contributed by atoms with Gasteiger partial charge in [0.1, 0.15) is 5.76 Å². The van der Waals surface area contributed by atoms with Gasteiger partial charge in [0.25, 0.3) is 0 Å². The molecule has 3 aromatic rings. The number of nitrogens with one attached hydrogen (secondary N) is 1. The van der Waals surface area contributed by atoms with Gasteiger partial charge in [-0.05, 0) is 23.8 Å². The molecule has 0 fully saturated rings. The van der Waals surface area contributed by atoms with Crippen molar-refractivity contribution >= 4 is 5.91 Å². The number of rotatable bonds is 7. The van der Waals surface area contributed by atoms with E-state index in [1.165, 1.54) is 0 Å². The van der Waals surface area contributed by atoms with E-state index in [0.717, 1.165) is 23.4 Å². The lowest BCUT2D eigenvalue weighted by atomic mass is 9.93. The Balaban J connectivity index is 1.60. The van der Waals surface area contributed by atoms with Gasteiger partial charge in [-0.1, -0.05) is 30.3 Å². The maximum Gasteiger partial charge on any atom is 0.221 e. The van der Waals surface area contributed by atoms with E-state index in [1.807, 2.05) is 60.3 Å². The van der Waals surface area contributed by atoms with E-state index < -0.39 is 0 Å². The molecule has 1 N–H and O–H groups in total. The van der Waals surface area contributed by atoms with Gasteiger partial charge in [-0.2, -0.15) is 5.10 Å². The molecule has 5 heteroatoms. The largest absolute Gasteiger partial charge is 0.469 e. The van der Waals surface area contributed by atoms with Crippen LogP contribution in [-0.2, 0) is 18.3 Å². The van der Waals surface area contributed by atoms with Gasteiger partial charge in [-0.15, -0.1) is 0 Å². The van der Waals surface area contributed by atoms with Gasteiger partial charge in [0.2, 0.25) is 5.91 Å².